The number of sulfonamides is 1. The van der Waals surface area contributed by atoms with Crippen LogP contribution in [0.4, 0.5) is 8.78 Å². The largest absolute Gasteiger partial charge is 0.337 e. The molecule has 0 aliphatic carbocycles. The predicted molar refractivity (Wildman–Crippen MR) is 105 cm³/mol. The minimum Gasteiger partial charge on any atom is -0.337 e. The summed E-state index contributed by atoms with van der Waals surface area (Å²) in [5.41, 5.74) is 0.857. The van der Waals surface area contributed by atoms with E-state index in [9.17, 15) is 22.0 Å². The highest BCUT2D eigenvalue weighted by molar-refractivity contribution is 9.10. The smallest absolute Gasteiger partial charge is 0.246 e. The maximum absolute atomic E-state index is 13.9. The van der Waals surface area contributed by atoms with E-state index in [-0.39, 0.29) is 32.1 Å². The van der Waals surface area contributed by atoms with Gasteiger partial charge in [-0.1, -0.05) is 28.1 Å². The van der Waals surface area contributed by atoms with E-state index in [1.54, 1.807) is 6.08 Å². The lowest BCUT2D eigenvalue weighted by Gasteiger charge is -2.33. The lowest BCUT2D eigenvalue weighted by molar-refractivity contribution is -0.127. The molecule has 28 heavy (non-hydrogen) atoms. The third-order valence-corrected chi connectivity index (χ3v) is 6.75. The molecule has 2 aromatic rings. The van der Waals surface area contributed by atoms with Crippen molar-refractivity contribution >= 4 is 37.9 Å². The molecule has 2 aromatic carbocycles. The van der Waals surface area contributed by atoms with E-state index in [1.165, 1.54) is 11.0 Å². The Labute approximate surface area is 170 Å². The van der Waals surface area contributed by atoms with Crippen LogP contribution in [0.25, 0.3) is 6.08 Å². The van der Waals surface area contributed by atoms with Crippen molar-refractivity contribution in [1.29, 1.82) is 0 Å². The van der Waals surface area contributed by atoms with Crippen LogP contribution in [0.3, 0.4) is 0 Å². The molecule has 1 heterocycles. The fraction of sp³-hybridized carbons (Fsp3) is 0.211. The molecule has 0 N–H and O–H groups in total. The molecule has 9 heteroatoms. The van der Waals surface area contributed by atoms with E-state index in [0.29, 0.717) is 6.07 Å². The molecule has 1 amide bonds. The summed E-state index contributed by atoms with van der Waals surface area (Å²) < 4.78 is 54.1. The highest BCUT2D eigenvalue weighted by atomic mass is 79.9. The number of piperazine rings is 1. The van der Waals surface area contributed by atoms with Crippen LogP contribution < -0.4 is 0 Å². The van der Waals surface area contributed by atoms with Crippen molar-refractivity contribution in [2.75, 3.05) is 26.2 Å². The van der Waals surface area contributed by atoms with Crippen LogP contribution in [0.2, 0.25) is 0 Å². The maximum atomic E-state index is 13.9. The van der Waals surface area contributed by atoms with Crippen molar-refractivity contribution in [1.82, 2.24) is 9.21 Å². The van der Waals surface area contributed by atoms with E-state index >= 15 is 0 Å². The van der Waals surface area contributed by atoms with Crippen molar-refractivity contribution in [2.24, 2.45) is 0 Å². The Morgan fingerprint density at radius 1 is 1.04 bits per heavy atom. The molecule has 0 bridgehead atoms. The van der Waals surface area contributed by atoms with Gasteiger partial charge in [-0.3, -0.25) is 4.79 Å². The Bertz CT molecular complexity index is 1020. The van der Waals surface area contributed by atoms with Crippen LogP contribution in [0.5, 0.6) is 0 Å². The summed E-state index contributed by atoms with van der Waals surface area (Å²) in [6, 6.07) is 9.82. The molecule has 0 spiro atoms. The van der Waals surface area contributed by atoms with Gasteiger partial charge in [-0.15, -0.1) is 0 Å². The van der Waals surface area contributed by atoms with E-state index in [0.717, 1.165) is 26.5 Å². The number of nitrogens with zero attached hydrogens (tertiary/aromatic N) is 2. The van der Waals surface area contributed by atoms with Crippen molar-refractivity contribution < 1.29 is 22.0 Å². The number of carbonyl (C=O) groups excluding carboxylic acids is 1. The quantitative estimate of drug-likeness (QED) is 0.644. The summed E-state index contributed by atoms with van der Waals surface area (Å²) in [4.78, 5) is 13.3. The molecule has 0 atom stereocenters. The molecule has 3 rings (SSSR count). The number of carbonyl (C=O) groups is 1. The van der Waals surface area contributed by atoms with Gasteiger partial charge in [0.05, 0.1) is 0 Å². The number of rotatable bonds is 4. The van der Waals surface area contributed by atoms with Gasteiger partial charge in [0.25, 0.3) is 0 Å². The average Bonchev–Trinajstić information content (AvgIpc) is 2.66. The van der Waals surface area contributed by atoms with Gasteiger partial charge in [0, 0.05) is 42.8 Å². The number of halogens is 3. The highest BCUT2D eigenvalue weighted by Crippen LogP contribution is 2.21. The van der Waals surface area contributed by atoms with Gasteiger partial charge in [0.15, 0.2) is 0 Å². The standard InChI is InChI=1S/C19H17BrF2N2O3S/c20-15-3-1-2-14(12-15)4-7-19(25)23-8-10-24(11-9-23)28(26,27)18-6-5-16(21)13-17(18)22/h1-7,12-13H,8-11H2/b7-4+. The molecule has 0 aromatic heterocycles. The van der Waals surface area contributed by atoms with Crippen molar-refractivity contribution in [2.45, 2.75) is 4.90 Å². The number of benzene rings is 2. The van der Waals surface area contributed by atoms with Crippen LogP contribution in [-0.2, 0) is 14.8 Å². The Balaban J connectivity index is 1.64. The van der Waals surface area contributed by atoms with Crippen LogP contribution in [0.15, 0.2) is 57.9 Å². The second-order valence-corrected chi connectivity index (χ2v) is 9.01. The first-order chi connectivity index (χ1) is 13.3. The Morgan fingerprint density at radius 2 is 1.75 bits per heavy atom. The monoisotopic (exact) mass is 470 g/mol. The second-order valence-electron chi connectivity index (χ2n) is 6.19. The summed E-state index contributed by atoms with van der Waals surface area (Å²) >= 11 is 3.36. The van der Waals surface area contributed by atoms with Crippen LogP contribution in [0.1, 0.15) is 5.56 Å². The lowest BCUT2D eigenvalue weighted by Crippen LogP contribution is -2.50. The SMILES string of the molecule is O=C(/C=C/c1cccc(Br)c1)N1CCN(S(=O)(=O)c2ccc(F)cc2F)CC1. The third kappa shape index (κ3) is 4.65. The Kier molecular flexibility index (Phi) is 6.26. The fourth-order valence-corrected chi connectivity index (χ4v) is 4.74. The number of hydrogen-bond donors (Lipinski definition) is 0. The molecule has 0 saturated carbocycles. The first kappa shape index (κ1) is 20.6. The third-order valence-electron chi connectivity index (χ3n) is 4.33. The molecule has 0 radical (unpaired) electrons. The summed E-state index contributed by atoms with van der Waals surface area (Å²) in [5.74, 6) is -2.20. The van der Waals surface area contributed by atoms with E-state index in [4.69, 9.17) is 0 Å². The molecule has 1 saturated heterocycles. The van der Waals surface area contributed by atoms with Crippen molar-refractivity contribution in [3.05, 3.63) is 70.2 Å². The molecule has 5 nitrogen and oxygen atoms in total. The lowest BCUT2D eigenvalue weighted by atomic mass is 10.2. The van der Waals surface area contributed by atoms with Crippen molar-refractivity contribution in [3.8, 4) is 0 Å². The van der Waals surface area contributed by atoms with Gasteiger partial charge in [-0.05, 0) is 35.9 Å². The van der Waals surface area contributed by atoms with E-state index in [2.05, 4.69) is 15.9 Å². The van der Waals surface area contributed by atoms with E-state index < -0.39 is 26.6 Å². The zero-order valence-corrected chi connectivity index (χ0v) is 17.1. The molecule has 1 aliphatic heterocycles. The molecule has 0 unspecified atom stereocenters. The highest BCUT2D eigenvalue weighted by Gasteiger charge is 2.31. The normalized spacial score (nSPS) is 15.9. The maximum Gasteiger partial charge on any atom is 0.246 e. The van der Waals surface area contributed by atoms with Gasteiger partial charge in [-0.2, -0.15) is 4.31 Å². The minimum atomic E-state index is -4.09. The number of amides is 1. The molecular formula is C19H17BrF2N2O3S. The summed E-state index contributed by atoms with van der Waals surface area (Å²) in [6.45, 7) is 0.443. The zero-order valence-electron chi connectivity index (χ0n) is 14.7. The van der Waals surface area contributed by atoms with Gasteiger partial charge in [0.1, 0.15) is 16.5 Å². The van der Waals surface area contributed by atoms with E-state index in [1.807, 2.05) is 24.3 Å². The van der Waals surface area contributed by atoms with Crippen LogP contribution >= 0.6 is 15.9 Å². The first-order valence-corrected chi connectivity index (χ1v) is 10.7. The second kappa shape index (κ2) is 8.50. The molecule has 1 fully saturated rings. The minimum absolute atomic E-state index is 0.0373. The van der Waals surface area contributed by atoms with Gasteiger partial charge < -0.3 is 4.90 Å². The first-order valence-electron chi connectivity index (χ1n) is 8.45. The number of hydrogen-bond acceptors (Lipinski definition) is 3. The van der Waals surface area contributed by atoms with Crippen molar-refractivity contribution in [3.63, 3.8) is 0 Å². The summed E-state index contributed by atoms with van der Waals surface area (Å²) in [7, 11) is -4.09. The Morgan fingerprint density at radius 3 is 2.39 bits per heavy atom. The van der Waals surface area contributed by atoms with Gasteiger partial charge in [0.2, 0.25) is 15.9 Å². The van der Waals surface area contributed by atoms with Gasteiger partial charge in [-0.25, -0.2) is 17.2 Å². The Hall–Kier alpha value is -2.10. The molecule has 148 valence electrons. The summed E-state index contributed by atoms with van der Waals surface area (Å²) in [5, 5.41) is 0. The fourth-order valence-electron chi connectivity index (χ4n) is 2.86. The predicted octanol–water partition coefficient (Wildman–Crippen LogP) is 3.27. The van der Waals surface area contributed by atoms with Crippen LogP contribution in [-0.4, -0.2) is 49.7 Å². The molecule has 1 aliphatic rings. The molecular weight excluding hydrogens is 454 g/mol. The van der Waals surface area contributed by atoms with Gasteiger partial charge >= 0.3 is 0 Å². The average molecular weight is 471 g/mol. The van der Waals surface area contributed by atoms with Crippen LogP contribution in [0, 0.1) is 11.6 Å². The summed E-state index contributed by atoms with van der Waals surface area (Å²) in [6.07, 6.45) is 3.12. The zero-order chi connectivity index (χ0) is 20.3. The topological polar surface area (TPSA) is 57.7 Å².